The molecule has 144 valence electrons. The second-order valence-corrected chi connectivity index (χ2v) is 8.95. The van der Waals surface area contributed by atoms with E-state index in [0.29, 0.717) is 18.7 Å². The molecule has 7 nitrogen and oxygen atoms in total. The van der Waals surface area contributed by atoms with Crippen LogP contribution in [0, 0.1) is 0 Å². The zero-order chi connectivity index (χ0) is 19.6. The number of rotatable bonds is 5. The van der Waals surface area contributed by atoms with E-state index >= 15 is 0 Å². The molecule has 0 aliphatic carbocycles. The molecule has 1 N–H and O–H groups in total. The van der Waals surface area contributed by atoms with Crippen molar-refractivity contribution >= 4 is 16.2 Å². The minimum atomic E-state index is -3.43. The van der Waals surface area contributed by atoms with Crippen molar-refractivity contribution in [2.45, 2.75) is 18.8 Å². The minimum Gasteiger partial charge on any atom is -0.478 e. The Kier molecular flexibility index (Phi) is 5.59. The van der Waals surface area contributed by atoms with Crippen LogP contribution in [0.3, 0.4) is 0 Å². The van der Waals surface area contributed by atoms with Gasteiger partial charge in [0.1, 0.15) is 0 Å². The van der Waals surface area contributed by atoms with E-state index in [2.05, 4.69) is 4.98 Å². The molecule has 0 bridgehead atoms. The molecule has 0 radical (unpaired) electrons. The molecule has 0 saturated carbocycles. The zero-order valence-corrected chi connectivity index (χ0v) is 16.2. The molecule has 1 atom stereocenters. The molecule has 0 unspecified atom stereocenters. The highest BCUT2D eigenvalue weighted by Crippen LogP contribution is 2.29. The Morgan fingerprint density at radius 3 is 2.59 bits per heavy atom. The van der Waals surface area contributed by atoms with Crippen molar-refractivity contribution in [1.29, 1.82) is 0 Å². The van der Waals surface area contributed by atoms with Crippen molar-refractivity contribution in [1.82, 2.24) is 13.6 Å². The van der Waals surface area contributed by atoms with Crippen LogP contribution in [0.5, 0.6) is 0 Å². The van der Waals surface area contributed by atoms with Gasteiger partial charge in [-0.25, -0.2) is 4.79 Å². The first-order valence-corrected chi connectivity index (χ1v) is 10.2. The summed E-state index contributed by atoms with van der Waals surface area (Å²) in [5.74, 6) is -0.955. The third-order valence-electron chi connectivity index (χ3n) is 4.84. The number of carboxylic acids is 1. The summed E-state index contributed by atoms with van der Waals surface area (Å²) in [6.45, 7) is 0.916. The van der Waals surface area contributed by atoms with E-state index in [4.69, 9.17) is 0 Å². The third-order valence-corrected chi connectivity index (χ3v) is 6.75. The van der Waals surface area contributed by atoms with Gasteiger partial charge in [-0.15, -0.1) is 0 Å². The summed E-state index contributed by atoms with van der Waals surface area (Å²) in [4.78, 5) is 15.9. The maximum Gasteiger partial charge on any atom is 0.336 e. The average molecular weight is 389 g/mol. The van der Waals surface area contributed by atoms with E-state index in [1.165, 1.54) is 22.7 Å². The quantitative estimate of drug-likeness (QED) is 0.848. The van der Waals surface area contributed by atoms with E-state index < -0.39 is 16.2 Å². The van der Waals surface area contributed by atoms with Gasteiger partial charge < -0.3 is 5.11 Å². The number of benzene rings is 1. The molecule has 0 spiro atoms. The van der Waals surface area contributed by atoms with Crippen molar-refractivity contribution in [3.05, 3.63) is 53.9 Å². The first kappa shape index (κ1) is 19.5. The molecule has 8 heteroatoms. The number of carbonyl (C=O) groups is 1. The standard InChI is InChI=1S/C19H23N3O4S/c1-21(2)27(25,26)22-11-5-6-15(13-22)18-10-9-14(12-20-18)16-7-3-4-8-17(16)19(23)24/h3-4,7-10,12,15H,5-6,11,13H2,1-2H3,(H,23,24)/t15-/m1/s1. The molecule has 27 heavy (non-hydrogen) atoms. The van der Waals surface area contributed by atoms with Crippen LogP contribution in [-0.4, -0.2) is 60.3 Å². The van der Waals surface area contributed by atoms with Crippen molar-refractivity contribution in [3.63, 3.8) is 0 Å². The summed E-state index contributed by atoms with van der Waals surface area (Å²) in [5.41, 5.74) is 2.40. The van der Waals surface area contributed by atoms with Crippen molar-refractivity contribution in [2.75, 3.05) is 27.2 Å². The fourth-order valence-corrected chi connectivity index (χ4v) is 4.54. The number of aromatic nitrogens is 1. The number of hydrogen-bond donors (Lipinski definition) is 1. The number of nitrogens with zero attached hydrogens (tertiary/aromatic N) is 3. The topological polar surface area (TPSA) is 90.8 Å². The number of aromatic carboxylic acids is 1. The van der Waals surface area contributed by atoms with Gasteiger partial charge in [-0.1, -0.05) is 24.3 Å². The van der Waals surface area contributed by atoms with Crippen molar-refractivity contribution in [2.24, 2.45) is 0 Å². The van der Waals surface area contributed by atoms with E-state index in [1.807, 2.05) is 12.1 Å². The number of hydrogen-bond acceptors (Lipinski definition) is 4. The van der Waals surface area contributed by atoms with Gasteiger partial charge in [0.25, 0.3) is 10.2 Å². The maximum atomic E-state index is 12.4. The third kappa shape index (κ3) is 4.02. The monoisotopic (exact) mass is 389 g/mol. The predicted octanol–water partition coefficient (Wildman–Crippen LogP) is 2.43. The van der Waals surface area contributed by atoms with Crippen LogP contribution in [0.25, 0.3) is 11.1 Å². The Morgan fingerprint density at radius 2 is 1.96 bits per heavy atom. The van der Waals surface area contributed by atoms with E-state index in [-0.39, 0.29) is 11.5 Å². The normalized spacial score (nSPS) is 18.6. The lowest BCUT2D eigenvalue weighted by Gasteiger charge is -2.33. The molecule has 1 fully saturated rings. The van der Waals surface area contributed by atoms with Crippen molar-refractivity contribution in [3.8, 4) is 11.1 Å². The Bertz CT molecular complexity index is 926. The van der Waals surface area contributed by atoms with E-state index in [0.717, 1.165) is 24.1 Å². The fraction of sp³-hybridized carbons (Fsp3) is 0.368. The van der Waals surface area contributed by atoms with Crippen LogP contribution in [0.1, 0.15) is 34.8 Å². The van der Waals surface area contributed by atoms with Crippen LogP contribution >= 0.6 is 0 Å². The highest BCUT2D eigenvalue weighted by molar-refractivity contribution is 7.86. The first-order valence-electron chi connectivity index (χ1n) is 8.77. The molecule has 0 amide bonds. The van der Waals surface area contributed by atoms with Crippen LogP contribution in [-0.2, 0) is 10.2 Å². The highest BCUT2D eigenvalue weighted by Gasteiger charge is 2.31. The Labute approximate surface area is 159 Å². The lowest BCUT2D eigenvalue weighted by atomic mass is 9.94. The second-order valence-electron chi connectivity index (χ2n) is 6.81. The lowest BCUT2D eigenvalue weighted by Crippen LogP contribution is -2.45. The van der Waals surface area contributed by atoms with Gasteiger partial charge in [0, 0.05) is 50.6 Å². The highest BCUT2D eigenvalue weighted by atomic mass is 32.2. The van der Waals surface area contributed by atoms with Crippen LogP contribution < -0.4 is 0 Å². The summed E-state index contributed by atoms with van der Waals surface area (Å²) in [5, 5.41) is 9.35. The molecule has 2 aromatic rings. The summed E-state index contributed by atoms with van der Waals surface area (Å²) < 4.78 is 27.5. The van der Waals surface area contributed by atoms with Crippen LogP contribution in [0.2, 0.25) is 0 Å². The second kappa shape index (κ2) is 7.75. The van der Waals surface area contributed by atoms with Gasteiger partial charge >= 0.3 is 5.97 Å². The summed E-state index contributed by atoms with van der Waals surface area (Å²) in [7, 11) is -0.366. The molecule has 1 aromatic heterocycles. The number of pyridine rings is 1. The van der Waals surface area contributed by atoms with Gasteiger partial charge in [-0.2, -0.15) is 17.0 Å². The number of carboxylic acid groups (broad SMARTS) is 1. The van der Waals surface area contributed by atoms with Gasteiger partial charge in [-0.05, 0) is 30.5 Å². The zero-order valence-electron chi connectivity index (χ0n) is 15.4. The Morgan fingerprint density at radius 1 is 1.22 bits per heavy atom. The molecule has 1 aliphatic rings. The predicted molar refractivity (Wildman–Crippen MR) is 103 cm³/mol. The average Bonchev–Trinajstić information content (AvgIpc) is 2.68. The maximum absolute atomic E-state index is 12.4. The SMILES string of the molecule is CN(C)S(=O)(=O)N1CCC[C@@H](c2ccc(-c3ccccc3C(=O)O)cn2)C1. The largest absolute Gasteiger partial charge is 0.478 e. The number of piperidine rings is 1. The lowest BCUT2D eigenvalue weighted by molar-refractivity contribution is 0.0697. The molecule has 3 rings (SSSR count). The summed E-state index contributed by atoms with van der Waals surface area (Å²) >= 11 is 0. The van der Waals surface area contributed by atoms with Gasteiger partial charge in [-0.3, -0.25) is 4.98 Å². The molecule has 1 aromatic carbocycles. The van der Waals surface area contributed by atoms with Gasteiger partial charge in [0.2, 0.25) is 0 Å². The Balaban J connectivity index is 1.83. The van der Waals surface area contributed by atoms with Crippen molar-refractivity contribution < 1.29 is 18.3 Å². The first-order chi connectivity index (χ1) is 12.8. The van der Waals surface area contributed by atoms with Gasteiger partial charge in [0.05, 0.1) is 5.56 Å². The molecule has 1 aliphatic heterocycles. The van der Waals surface area contributed by atoms with Gasteiger partial charge in [0.15, 0.2) is 0 Å². The van der Waals surface area contributed by atoms with Crippen LogP contribution in [0.4, 0.5) is 0 Å². The van der Waals surface area contributed by atoms with Crippen LogP contribution in [0.15, 0.2) is 42.6 Å². The summed E-state index contributed by atoms with van der Waals surface area (Å²) in [6.07, 6.45) is 3.32. The minimum absolute atomic E-state index is 0.0252. The molecular weight excluding hydrogens is 366 g/mol. The molecule has 2 heterocycles. The smallest absolute Gasteiger partial charge is 0.336 e. The summed E-state index contributed by atoms with van der Waals surface area (Å²) in [6, 6.07) is 10.5. The molecule has 1 saturated heterocycles. The Hall–Kier alpha value is -2.29. The fourth-order valence-electron chi connectivity index (χ4n) is 3.35. The van der Waals surface area contributed by atoms with E-state index in [1.54, 1.807) is 30.5 Å². The molecular formula is C19H23N3O4S. The van der Waals surface area contributed by atoms with E-state index in [9.17, 15) is 18.3 Å².